The van der Waals surface area contributed by atoms with E-state index in [0.29, 0.717) is 30.8 Å². The van der Waals surface area contributed by atoms with Crippen molar-refractivity contribution in [1.29, 1.82) is 0 Å². The van der Waals surface area contributed by atoms with Crippen molar-refractivity contribution in [2.45, 2.75) is 59.2 Å². The van der Waals surface area contributed by atoms with Crippen LogP contribution in [0.3, 0.4) is 0 Å². The lowest BCUT2D eigenvalue weighted by Crippen LogP contribution is -2.32. The van der Waals surface area contributed by atoms with Crippen LogP contribution in [-0.4, -0.2) is 36.4 Å². The highest BCUT2D eigenvalue weighted by molar-refractivity contribution is 6.16. The van der Waals surface area contributed by atoms with Crippen molar-refractivity contribution in [2.24, 2.45) is 5.92 Å². The number of rotatable bonds is 3. The van der Waals surface area contributed by atoms with Crippen LogP contribution < -0.4 is 0 Å². The fourth-order valence-corrected chi connectivity index (χ4v) is 4.48. The molecule has 0 saturated carbocycles. The molecule has 0 aromatic heterocycles. The Kier molecular flexibility index (Phi) is 5.95. The van der Waals surface area contributed by atoms with Crippen LogP contribution in [0.1, 0.15) is 53.5 Å². The number of benzene rings is 2. The van der Waals surface area contributed by atoms with Crippen LogP contribution in [-0.2, 0) is 23.8 Å². The molecule has 1 atom stereocenters. The molecular formula is C28H32O5. The summed E-state index contributed by atoms with van der Waals surface area (Å²) in [5, 5.41) is 2.08. The van der Waals surface area contributed by atoms with E-state index in [1.54, 1.807) is 0 Å². The van der Waals surface area contributed by atoms with Gasteiger partial charge in [-0.3, -0.25) is 0 Å². The summed E-state index contributed by atoms with van der Waals surface area (Å²) in [4.78, 5) is 27.0. The SMILES string of the molecule is CC(C)(C)OC(=O)C1=C(C(=O)OC(C)(C)C)C(c2cccc3ccccc23)=C2COC[C@H]2C1. The second-order valence-corrected chi connectivity index (χ2v) is 10.7. The van der Waals surface area contributed by atoms with Crippen molar-refractivity contribution in [3.8, 4) is 0 Å². The van der Waals surface area contributed by atoms with Gasteiger partial charge >= 0.3 is 11.9 Å². The van der Waals surface area contributed by atoms with Gasteiger partial charge in [-0.2, -0.15) is 0 Å². The summed E-state index contributed by atoms with van der Waals surface area (Å²) in [7, 11) is 0. The average molecular weight is 449 g/mol. The molecule has 2 aromatic carbocycles. The Morgan fingerprint density at radius 1 is 0.879 bits per heavy atom. The zero-order valence-corrected chi connectivity index (χ0v) is 20.3. The van der Waals surface area contributed by atoms with Crippen LogP contribution in [0.15, 0.2) is 59.2 Å². The summed E-state index contributed by atoms with van der Waals surface area (Å²) in [6.07, 6.45) is 0.396. The molecule has 0 spiro atoms. The fourth-order valence-electron chi connectivity index (χ4n) is 4.48. The number of esters is 2. The Morgan fingerprint density at radius 2 is 1.52 bits per heavy atom. The minimum Gasteiger partial charge on any atom is -0.457 e. The molecule has 0 unspecified atom stereocenters. The lowest BCUT2D eigenvalue weighted by atomic mass is 9.76. The molecule has 0 bridgehead atoms. The van der Waals surface area contributed by atoms with Gasteiger partial charge in [0, 0.05) is 5.92 Å². The highest BCUT2D eigenvalue weighted by Crippen LogP contribution is 2.45. The maximum atomic E-state index is 13.6. The van der Waals surface area contributed by atoms with Crippen molar-refractivity contribution in [3.63, 3.8) is 0 Å². The Labute approximate surface area is 195 Å². The second kappa shape index (κ2) is 8.45. The summed E-state index contributed by atoms with van der Waals surface area (Å²) in [5.41, 5.74) is 1.96. The number of hydrogen-bond acceptors (Lipinski definition) is 5. The van der Waals surface area contributed by atoms with Gasteiger partial charge in [0.25, 0.3) is 0 Å². The molecule has 1 heterocycles. The summed E-state index contributed by atoms with van der Waals surface area (Å²) in [6.45, 7) is 11.9. The molecule has 1 aliphatic heterocycles. The van der Waals surface area contributed by atoms with Gasteiger partial charge in [0.05, 0.1) is 24.4 Å². The van der Waals surface area contributed by atoms with Gasteiger partial charge in [-0.15, -0.1) is 0 Å². The quantitative estimate of drug-likeness (QED) is 0.570. The Balaban J connectivity index is 1.98. The Bertz CT molecular complexity index is 1170. The van der Waals surface area contributed by atoms with Gasteiger partial charge in [0.15, 0.2) is 0 Å². The summed E-state index contributed by atoms with van der Waals surface area (Å²) < 4.78 is 17.4. The average Bonchev–Trinajstić information content (AvgIpc) is 3.18. The lowest BCUT2D eigenvalue weighted by molar-refractivity contribution is -0.153. The first-order chi connectivity index (χ1) is 15.4. The molecule has 1 saturated heterocycles. The topological polar surface area (TPSA) is 61.8 Å². The van der Waals surface area contributed by atoms with Gasteiger partial charge in [-0.25, -0.2) is 9.59 Å². The lowest BCUT2D eigenvalue weighted by Gasteiger charge is -2.30. The van der Waals surface area contributed by atoms with E-state index < -0.39 is 23.1 Å². The minimum atomic E-state index is -0.708. The van der Waals surface area contributed by atoms with Gasteiger partial charge in [-0.05, 0) is 75.4 Å². The number of carbonyl (C=O) groups is 2. The Morgan fingerprint density at radius 3 is 2.21 bits per heavy atom. The first-order valence-corrected chi connectivity index (χ1v) is 11.4. The van der Waals surface area contributed by atoms with Crippen LogP contribution in [0, 0.1) is 5.92 Å². The van der Waals surface area contributed by atoms with Crippen molar-refractivity contribution < 1.29 is 23.8 Å². The van der Waals surface area contributed by atoms with E-state index >= 15 is 0 Å². The zero-order chi connectivity index (χ0) is 24.0. The Hall–Kier alpha value is -2.92. The molecule has 0 N–H and O–H groups in total. The van der Waals surface area contributed by atoms with E-state index in [0.717, 1.165) is 27.5 Å². The molecule has 1 aliphatic carbocycles. The molecule has 4 rings (SSSR count). The van der Waals surface area contributed by atoms with E-state index in [9.17, 15) is 9.59 Å². The van der Waals surface area contributed by atoms with Gasteiger partial charge in [0.2, 0.25) is 0 Å². The monoisotopic (exact) mass is 448 g/mol. The predicted octanol–water partition coefficient (Wildman–Crippen LogP) is 5.62. The highest BCUT2D eigenvalue weighted by atomic mass is 16.6. The van der Waals surface area contributed by atoms with Crippen LogP contribution in [0.25, 0.3) is 16.3 Å². The van der Waals surface area contributed by atoms with Crippen molar-refractivity contribution in [1.82, 2.24) is 0 Å². The van der Waals surface area contributed by atoms with E-state index in [1.807, 2.05) is 84.0 Å². The van der Waals surface area contributed by atoms with Crippen molar-refractivity contribution in [3.05, 3.63) is 64.7 Å². The van der Waals surface area contributed by atoms with Gasteiger partial charge in [0.1, 0.15) is 11.2 Å². The van der Waals surface area contributed by atoms with Crippen LogP contribution in [0.5, 0.6) is 0 Å². The zero-order valence-electron chi connectivity index (χ0n) is 20.3. The molecule has 5 heteroatoms. The highest BCUT2D eigenvalue weighted by Gasteiger charge is 2.41. The third kappa shape index (κ3) is 4.88. The smallest absolute Gasteiger partial charge is 0.339 e. The summed E-state index contributed by atoms with van der Waals surface area (Å²) in [5.74, 6) is -0.969. The molecule has 0 amide bonds. The molecule has 174 valence electrons. The third-order valence-corrected chi connectivity index (χ3v) is 5.70. The summed E-state index contributed by atoms with van der Waals surface area (Å²) >= 11 is 0. The van der Waals surface area contributed by atoms with E-state index in [4.69, 9.17) is 14.2 Å². The first kappa shape index (κ1) is 23.2. The fraction of sp³-hybridized carbons (Fsp3) is 0.429. The molecular weight excluding hydrogens is 416 g/mol. The molecule has 0 radical (unpaired) electrons. The number of ether oxygens (including phenoxy) is 3. The van der Waals surface area contributed by atoms with E-state index in [-0.39, 0.29) is 5.92 Å². The first-order valence-electron chi connectivity index (χ1n) is 11.4. The van der Waals surface area contributed by atoms with Crippen LogP contribution in [0.2, 0.25) is 0 Å². The van der Waals surface area contributed by atoms with Crippen LogP contribution >= 0.6 is 0 Å². The number of carbonyl (C=O) groups excluding carboxylic acids is 2. The number of hydrogen-bond donors (Lipinski definition) is 0. The van der Waals surface area contributed by atoms with Gasteiger partial charge < -0.3 is 14.2 Å². The largest absolute Gasteiger partial charge is 0.457 e. The molecule has 1 fully saturated rings. The van der Waals surface area contributed by atoms with Crippen LogP contribution in [0.4, 0.5) is 0 Å². The van der Waals surface area contributed by atoms with E-state index in [1.165, 1.54) is 0 Å². The minimum absolute atomic E-state index is 0.0210. The van der Waals surface area contributed by atoms with Crippen molar-refractivity contribution >= 4 is 28.3 Å². The maximum absolute atomic E-state index is 13.6. The molecule has 33 heavy (non-hydrogen) atoms. The summed E-state index contributed by atoms with van der Waals surface area (Å²) in [6, 6.07) is 14.1. The third-order valence-electron chi connectivity index (χ3n) is 5.70. The second-order valence-electron chi connectivity index (χ2n) is 10.7. The maximum Gasteiger partial charge on any atom is 0.339 e. The molecule has 2 aliphatic rings. The molecule has 5 nitrogen and oxygen atoms in total. The standard InChI is InChI=1S/C28H32O5/c1-27(2,3)32-25(29)21-14-18-15-31-16-22(18)23(24(21)26(30)33-28(4,5)6)20-13-9-11-17-10-7-8-12-19(17)20/h7-13,18H,14-16H2,1-6H3/t18-/m1/s1. The predicted molar refractivity (Wildman–Crippen MR) is 129 cm³/mol. The van der Waals surface area contributed by atoms with Gasteiger partial charge in [-0.1, -0.05) is 42.5 Å². The van der Waals surface area contributed by atoms with E-state index in [2.05, 4.69) is 0 Å². The number of fused-ring (bicyclic) bond motifs is 2. The molecule has 2 aromatic rings. The normalized spacial score (nSPS) is 19.0. The van der Waals surface area contributed by atoms with Crippen molar-refractivity contribution in [2.75, 3.05) is 13.2 Å².